The fourth-order valence-corrected chi connectivity index (χ4v) is 2.40. The van der Waals surface area contributed by atoms with Crippen LogP contribution in [0, 0.1) is 0 Å². The molecule has 0 aliphatic heterocycles. The van der Waals surface area contributed by atoms with Gasteiger partial charge in [-0.3, -0.25) is 4.79 Å². The van der Waals surface area contributed by atoms with Crippen LogP contribution in [0.25, 0.3) is 0 Å². The van der Waals surface area contributed by atoms with Crippen LogP contribution >= 0.6 is 0 Å². The molecule has 2 N–H and O–H groups in total. The highest BCUT2D eigenvalue weighted by Gasteiger charge is 2.11. The number of carbonyl (C=O) groups excluding carboxylic acids is 1. The Morgan fingerprint density at radius 3 is 2.32 bits per heavy atom. The standard InChI is InChI=1S/C13H20N2O3S/c1-3-14-10-9-13(16)15-11-5-7-12(8-6-11)19(17,18)4-2/h5-8,14H,3-4,9-10H2,1-2H3,(H,15,16). The lowest BCUT2D eigenvalue weighted by atomic mass is 10.3. The van der Waals surface area contributed by atoms with E-state index in [9.17, 15) is 13.2 Å². The molecule has 0 saturated carbocycles. The topological polar surface area (TPSA) is 75.3 Å². The van der Waals surface area contributed by atoms with Crippen molar-refractivity contribution in [1.29, 1.82) is 0 Å². The number of carbonyl (C=O) groups is 1. The molecule has 0 unspecified atom stereocenters. The SMILES string of the molecule is CCNCCC(=O)Nc1ccc(S(=O)(=O)CC)cc1. The molecule has 1 aromatic carbocycles. The molecule has 0 aromatic heterocycles. The van der Waals surface area contributed by atoms with Gasteiger partial charge in [0.1, 0.15) is 0 Å². The number of amides is 1. The zero-order valence-electron chi connectivity index (χ0n) is 11.3. The van der Waals surface area contributed by atoms with Crippen molar-refractivity contribution >= 4 is 21.4 Å². The van der Waals surface area contributed by atoms with Gasteiger partial charge in [0, 0.05) is 18.7 Å². The largest absolute Gasteiger partial charge is 0.326 e. The molecule has 0 aliphatic rings. The molecular formula is C13H20N2O3S. The average molecular weight is 284 g/mol. The molecule has 106 valence electrons. The molecule has 0 fully saturated rings. The van der Waals surface area contributed by atoms with Gasteiger partial charge in [-0.05, 0) is 30.8 Å². The molecule has 0 radical (unpaired) electrons. The first-order valence-electron chi connectivity index (χ1n) is 6.33. The summed E-state index contributed by atoms with van der Waals surface area (Å²) in [7, 11) is -3.18. The lowest BCUT2D eigenvalue weighted by Gasteiger charge is -2.07. The zero-order chi connectivity index (χ0) is 14.3. The van der Waals surface area contributed by atoms with Crippen LogP contribution < -0.4 is 10.6 Å². The minimum Gasteiger partial charge on any atom is -0.326 e. The minimum atomic E-state index is -3.18. The van der Waals surface area contributed by atoms with Gasteiger partial charge in [0.05, 0.1) is 10.6 Å². The Kier molecular flexibility index (Phi) is 5.98. The molecule has 1 rings (SSSR count). The van der Waals surface area contributed by atoms with Crippen molar-refractivity contribution in [3.8, 4) is 0 Å². The minimum absolute atomic E-state index is 0.0708. The highest BCUT2D eigenvalue weighted by Crippen LogP contribution is 2.15. The third-order valence-corrected chi connectivity index (χ3v) is 4.41. The summed E-state index contributed by atoms with van der Waals surface area (Å²) < 4.78 is 23.2. The van der Waals surface area contributed by atoms with E-state index in [2.05, 4.69) is 10.6 Å². The van der Waals surface area contributed by atoms with Gasteiger partial charge in [-0.25, -0.2) is 8.42 Å². The fraction of sp³-hybridized carbons (Fsp3) is 0.462. The maximum atomic E-state index is 11.6. The molecule has 1 aromatic rings. The van der Waals surface area contributed by atoms with Crippen LogP contribution in [0.15, 0.2) is 29.2 Å². The van der Waals surface area contributed by atoms with Gasteiger partial charge in [-0.15, -0.1) is 0 Å². The molecule has 0 spiro atoms. The van der Waals surface area contributed by atoms with E-state index in [1.807, 2.05) is 6.92 Å². The average Bonchev–Trinajstić information content (AvgIpc) is 2.39. The van der Waals surface area contributed by atoms with Crippen molar-refractivity contribution in [3.63, 3.8) is 0 Å². The van der Waals surface area contributed by atoms with E-state index in [1.165, 1.54) is 12.1 Å². The first kappa shape index (κ1) is 15.7. The summed E-state index contributed by atoms with van der Waals surface area (Å²) in [4.78, 5) is 11.8. The molecule has 0 saturated heterocycles. The Hall–Kier alpha value is -1.40. The van der Waals surface area contributed by atoms with Gasteiger partial charge >= 0.3 is 0 Å². The van der Waals surface area contributed by atoms with E-state index in [4.69, 9.17) is 0 Å². The van der Waals surface area contributed by atoms with Gasteiger partial charge in [-0.1, -0.05) is 13.8 Å². The summed E-state index contributed by atoms with van der Waals surface area (Å²) in [6, 6.07) is 6.23. The van der Waals surface area contributed by atoms with Crippen molar-refractivity contribution in [2.75, 3.05) is 24.2 Å². The third-order valence-electron chi connectivity index (χ3n) is 2.66. The normalized spacial score (nSPS) is 11.3. The van der Waals surface area contributed by atoms with E-state index in [0.717, 1.165) is 6.54 Å². The summed E-state index contributed by atoms with van der Waals surface area (Å²) in [5, 5.41) is 5.79. The number of hydrogen-bond acceptors (Lipinski definition) is 4. The van der Waals surface area contributed by atoms with Gasteiger partial charge in [-0.2, -0.15) is 0 Å². The number of sulfone groups is 1. The van der Waals surface area contributed by atoms with Crippen molar-refractivity contribution < 1.29 is 13.2 Å². The van der Waals surface area contributed by atoms with E-state index in [0.29, 0.717) is 18.7 Å². The lowest BCUT2D eigenvalue weighted by molar-refractivity contribution is -0.116. The smallest absolute Gasteiger partial charge is 0.225 e. The summed E-state index contributed by atoms with van der Waals surface area (Å²) in [6.45, 7) is 5.04. The maximum absolute atomic E-state index is 11.6. The van der Waals surface area contributed by atoms with Crippen molar-refractivity contribution in [3.05, 3.63) is 24.3 Å². The Morgan fingerprint density at radius 1 is 1.16 bits per heavy atom. The molecule has 0 aliphatic carbocycles. The second-order valence-corrected chi connectivity index (χ2v) is 6.36. The van der Waals surface area contributed by atoms with Crippen LogP contribution in [0.2, 0.25) is 0 Å². The van der Waals surface area contributed by atoms with Crippen LogP contribution in [0.3, 0.4) is 0 Å². The maximum Gasteiger partial charge on any atom is 0.225 e. The molecule has 1 amide bonds. The predicted molar refractivity (Wildman–Crippen MR) is 76.0 cm³/mol. The van der Waals surface area contributed by atoms with E-state index in [1.54, 1.807) is 19.1 Å². The summed E-state index contributed by atoms with van der Waals surface area (Å²) in [6.07, 6.45) is 0.392. The molecule has 6 heteroatoms. The molecular weight excluding hydrogens is 264 g/mol. The van der Waals surface area contributed by atoms with Gasteiger partial charge in [0.2, 0.25) is 5.91 Å². The first-order chi connectivity index (χ1) is 8.99. The third kappa shape index (κ3) is 5.00. The quantitative estimate of drug-likeness (QED) is 0.743. The molecule has 5 nitrogen and oxygen atoms in total. The number of nitrogens with one attached hydrogen (secondary N) is 2. The highest BCUT2D eigenvalue weighted by molar-refractivity contribution is 7.91. The Labute approximate surface area is 114 Å². The van der Waals surface area contributed by atoms with Crippen LogP contribution in [0.5, 0.6) is 0 Å². The Balaban J connectivity index is 2.60. The van der Waals surface area contributed by atoms with Crippen LogP contribution in [-0.2, 0) is 14.6 Å². The highest BCUT2D eigenvalue weighted by atomic mass is 32.2. The number of rotatable bonds is 7. The lowest BCUT2D eigenvalue weighted by Crippen LogP contribution is -2.21. The fourth-order valence-electron chi connectivity index (χ4n) is 1.51. The van der Waals surface area contributed by atoms with Gasteiger partial charge in [0.25, 0.3) is 0 Å². The van der Waals surface area contributed by atoms with E-state index < -0.39 is 9.84 Å². The van der Waals surface area contributed by atoms with Crippen molar-refractivity contribution in [2.24, 2.45) is 0 Å². The van der Waals surface area contributed by atoms with Crippen LogP contribution in [0.4, 0.5) is 5.69 Å². The number of hydrogen-bond donors (Lipinski definition) is 2. The van der Waals surface area contributed by atoms with Crippen molar-refractivity contribution in [2.45, 2.75) is 25.2 Å². The monoisotopic (exact) mass is 284 g/mol. The first-order valence-corrected chi connectivity index (χ1v) is 7.98. The summed E-state index contributed by atoms with van der Waals surface area (Å²) in [5.74, 6) is -0.0199. The number of benzene rings is 1. The van der Waals surface area contributed by atoms with E-state index >= 15 is 0 Å². The predicted octanol–water partition coefficient (Wildman–Crippen LogP) is 1.42. The second-order valence-electron chi connectivity index (χ2n) is 4.08. The van der Waals surface area contributed by atoms with Crippen LogP contribution in [0.1, 0.15) is 20.3 Å². The second kappa shape index (κ2) is 7.25. The summed E-state index contributed by atoms with van der Waals surface area (Å²) >= 11 is 0. The Bertz CT molecular complexity index is 509. The van der Waals surface area contributed by atoms with Gasteiger partial charge < -0.3 is 10.6 Å². The zero-order valence-corrected chi connectivity index (χ0v) is 12.1. The van der Waals surface area contributed by atoms with E-state index in [-0.39, 0.29) is 16.6 Å². The summed E-state index contributed by atoms with van der Waals surface area (Å²) in [5.41, 5.74) is 0.608. The Morgan fingerprint density at radius 2 is 1.79 bits per heavy atom. The molecule has 19 heavy (non-hydrogen) atoms. The van der Waals surface area contributed by atoms with Crippen LogP contribution in [-0.4, -0.2) is 33.2 Å². The number of anilines is 1. The molecule has 0 heterocycles. The van der Waals surface area contributed by atoms with Crippen molar-refractivity contribution in [1.82, 2.24) is 5.32 Å². The molecule has 0 atom stereocenters. The molecule has 0 bridgehead atoms. The van der Waals surface area contributed by atoms with Gasteiger partial charge in [0.15, 0.2) is 9.84 Å².